The standard InChI is InChI=1S/C19H19N5S/c1-2-6-24-7-5-13-14(10-24)15(9-20)19(11-21,12-22)17(18(13)23)16-4-3-8-25-16/h3-5,8,14-15H,2,6-7,10,23H2,1H3/t14-,15?/m1/s1. The van der Waals surface area contributed by atoms with Gasteiger partial charge in [0.15, 0.2) is 5.41 Å². The van der Waals surface area contributed by atoms with E-state index < -0.39 is 11.3 Å². The minimum absolute atomic E-state index is 0.215. The predicted octanol–water partition coefficient (Wildman–Crippen LogP) is 2.87. The van der Waals surface area contributed by atoms with E-state index >= 15 is 0 Å². The number of fused-ring (bicyclic) bond motifs is 1. The first-order valence-electron chi connectivity index (χ1n) is 8.31. The summed E-state index contributed by atoms with van der Waals surface area (Å²) in [5.74, 6) is -0.953. The summed E-state index contributed by atoms with van der Waals surface area (Å²) in [5, 5.41) is 31.7. The molecule has 0 saturated carbocycles. The van der Waals surface area contributed by atoms with Gasteiger partial charge in [0.25, 0.3) is 0 Å². The summed E-state index contributed by atoms with van der Waals surface area (Å²) in [5.41, 5.74) is 6.86. The minimum atomic E-state index is -1.54. The molecule has 1 aromatic rings. The molecule has 6 heteroatoms. The largest absolute Gasteiger partial charge is 0.398 e. The van der Waals surface area contributed by atoms with Crippen LogP contribution in [0, 0.1) is 51.2 Å². The fourth-order valence-electron chi connectivity index (χ4n) is 3.95. The summed E-state index contributed by atoms with van der Waals surface area (Å²) >= 11 is 1.44. The topological polar surface area (TPSA) is 101 Å². The first kappa shape index (κ1) is 17.2. The first-order valence-corrected chi connectivity index (χ1v) is 9.19. The van der Waals surface area contributed by atoms with Crippen molar-refractivity contribution in [1.82, 2.24) is 4.90 Å². The highest BCUT2D eigenvalue weighted by molar-refractivity contribution is 7.11. The van der Waals surface area contributed by atoms with Gasteiger partial charge in [0, 0.05) is 35.2 Å². The highest BCUT2D eigenvalue weighted by Crippen LogP contribution is 2.53. The Labute approximate surface area is 151 Å². The summed E-state index contributed by atoms with van der Waals surface area (Å²) in [6, 6.07) is 10.3. The van der Waals surface area contributed by atoms with Crippen LogP contribution in [0.5, 0.6) is 0 Å². The van der Waals surface area contributed by atoms with E-state index in [1.165, 1.54) is 11.3 Å². The molecule has 1 aromatic heterocycles. The molecule has 0 amide bonds. The Balaban J connectivity index is 2.24. The number of nitrogens with two attached hydrogens (primary N) is 1. The van der Waals surface area contributed by atoms with Gasteiger partial charge in [-0.3, -0.25) is 4.90 Å². The molecule has 1 aliphatic carbocycles. The molecular weight excluding hydrogens is 330 g/mol. The van der Waals surface area contributed by atoms with Crippen LogP contribution in [0.15, 0.2) is 34.9 Å². The Morgan fingerprint density at radius 3 is 2.68 bits per heavy atom. The van der Waals surface area contributed by atoms with E-state index in [9.17, 15) is 15.8 Å². The molecule has 0 fully saturated rings. The zero-order chi connectivity index (χ0) is 18.0. The summed E-state index contributed by atoms with van der Waals surface area (Å²) < 4.78 is 0. The monoisotopic (exact) mass is 349 g/mol. The smallest absolute Gasteiger partial charge is 0.188 e. The lowest BCUT2D eigenvalue weighted by Crippen LogP contribution is -2.48. The molecule has 5 nitrogen and oxygen atoms in total. The molecule has 1 unspecified atom stereocenters. The van der Waals surface area contributed by atoms with Crippen molar-refractivity contribution in [2.75, 3.05) is 19.6 Å². The maximum atomic E-state index is 9.95. The van der Waals surface area contributed by atoms with E-state index in [0.29, 0.717) is 17.8 Å². The first-order chi connectivity index (χ1) is 12.1. The average Bonchev–Trinajstić information content (AvgIpc) is 3.15. The van der Waals surface area contributed by atoms with Gasteiger partial charge in [-0.1, -0.05) is 19.1 Å². The van der Waals surface area contributed by atoms with Gasteiger partial charge >= 0.3 is 0 Å². The van der Waals surface area contributed by atoms with Gasteiger partial charge < -0.3 is 5.73 Å². The molecule has 0 spiro atoms. The third kappa shape index (κ3) is 2.53. The summed E-state index contributed by atoms with van der Waals surface area (Å²) in [7, 11) is 0. The second-order valence-electron chi connectivity index (χ2n) is 6.43. The molecule has 3 rings (SSSR count). The summed E-state index contributed by atoms with van der Waals surface area (Å²) in [6.45, 7) is 4.47. The lowest BCUT2D eigenvalue weighted by molar-refractivity contribution is 0.206. The van der Waals surface area contributed by atoms with Crippen molar-refractivity contribution in [2.24, 2.45) is 23.0 Å². The Morgan fingerprint density at radius 1 is 1.36 bits per heavy atom. The van der Waals surface area contributed by atoms with Gasteiger partial charge in [-0.05, 0) is 30.0 Å². The van der Waals surface area contributed by atoms with Gasteiger partial charge in [0.1, 0.15) is 0 Å². The van der Waals surface area contributed by atoms with Gasteiger partial charge in [0.05, 0.1) is 24.1 Å². The van der Waals surface area contributed by atoms with Crippen LogP contribution in [-0.4, -0.2) is 24.5 Å². The number of thiophene rings is 1. The van der Waals surface area contributed by atoms with Crippen molar-refractivity contribution >= 4 is 16.9 Å². The Hall–Kier alpha value is -2.59. The van der Waals surface area contributed by atoms with E-state index in [-0.39, 0.29) is 5.92 Å². The number of nitrogens with zero attached hydrogens (tertiary/aromatic N) is 4. The average molecular weight is 349 g/mol. The molecule has 2 heterocycles. The van der Waals surface area contributed by atoms with Crippen LogP contribution in [0.25, 0.3) is 5.57 Å². The minimum Gasteiger partial charge on any atom is -0.398 e. The van der Waals surface area contributed by atoms with Crippen molar-refractivity contribution in [3.05, 3.63) is 39.7 Å². The van der Waals surface area contributed by atoms with Gasteiger partial charge in [-0.2, -0.15) is 15.8 Å². The molecule has 2 aliphatic rings. The summed E-state index contributed by atoms with van der Waals surface area (Å²) in [4.78, 5) is 3.04. The number of rotatable bonds is 3. The highest BCUT2D eigenvalue weighted by atomic mass is 32.1. The molecule has 1 aliphatic heterocycles. The van der Waals surface area contributed by atoms with Gasteiger partial charge in [0.2, 0.25) is 0 Å². The van der Waals surface area contributed by atoms with Crippen molar-refractivity contribution < 1.29 is 0 Å². The number of hydrogen-bond donors (Lipinski definition) is 1. The van der Waals surface area contributed by atoms with Gasteiger partial charge in [-0.25, -0.2) is 0 Å². The predicted molar refractivity (Wildman–Crippen MR) is 96.5 cm³/mol. The van der Waals surface area contributed by atoms with Crippen molar-refractivity contribution in [3.63, 3.8) is 0 Å². The quantitative estimate of drug-likeness (QED) is 0.904. The lowest BCUT2D eigenvalue weighted by Gasteiger charge is -2.43. The lowest BCUT2D eigenvalue weighted by atomic mass is 9.59. The zero-order valence-electron chi connectivity index (χ0n) is 14.1. The van der Waals surface area contributed by atoms with Crippen LogP contribution in [0.1, 0.15) is 18.2 Å². The van der Waals surface area contributed by atoms with Crippen LogP contribution in [0.4, 0.5) is 0 Å². The van der Waals surface area contributed by atoms with Crippen LogP contribution in [0.3, 0.4) is 0 Å². The molecule has 0 saturated heterocycles. The highest BCUT2D eigenvalue weighted by Gasteiger charge is 2.54. The van der Waals surface area contributed by atoms with Crippen molar-refractivity contribution in [2.45, 2.75) is 13.3 Å². The fourth-order valence-corrected chi connectivity index (χ4v) is 4.80. The maximum absolute atomic E-state index is 9.95. The Kier molecular flexibility index (Phi) is 4.64. The van der Waals surface area contributed by atoms with E-state index in [4.69, 9.17) is 5.73 Å². The van der Waals surface area contributed by atoms with Gasteiger partial charge in [-0.15, -0.1) is 11.3 Å². The molecule has 126 valence electrons. The zero-order valence-corrected chi connectivity index (χ0v) is 14.9. The van der Waals surface area contributed by atoms with E-state index in [2.05, 4.69) is 36.1 Å². The fraction of sp³-hybridized carbons (Fsp3) is 0.421. The van der Waals surface area contributed by atoms with E-state index in [1.807, 2.05) is 17.5 Å². The second-order valence-corrected chi connectivity index (χ2v) is 7.38. The van der Waals surface area contributed by atoms with Crippen LogP contribution < -0.4 is 5.73 Å². The SMILES string of the molecule is CCCN1CC=C2C(N)=C(c3cccs3)C(C#N)(C#N)C(C#N)[C@@H]2C1. The number of hydrogen-bond acceptors (Lipinski definition) is 6. The second kappa shape index (κ2) is 6.73. The molecule has 0 aromatic carbocycles. The van der Waals surface area contributed by atoms with Crippen LogP contribution >= 0.6 is 11.3 Å². The number of nitriles is 3. The third-order valence-electron chi connectivity index (χ3n) is 5.07. The molecule has 2 N–H and O–H groups in total. The molecular formula is C19H19N5S. The Morgan fingerprint density at radius 2 is 2.12 bits per heavy atom. The van der Waals surface area contributed by atoms with Crippen LogP contribution in [-0.2, 0) is 0 Å². The maximum Gasteiger partial charge on any atom is 0.188 e. The van der Waals surface area contributed by atoms with Crippen LogP contribution in [0.2, 0.25) is 0 Å². The molecule has 0 bridgehead atoms. The van der Waals surface area contributed by atoms with E-state index in [0.717, 1.165) is 30.0 Å². The van der Waals surface area contributed by atoms with Crippen molar-refractivity contribution in [3.8, 4) is 18.2 Å². The molecule has 25 heavy (non-hydrogen) atoms. The Bertz CT molecular complexity index is 830. The molecule has 2 atom stereocenters. The molecule has 0 radical (unpaired) electrons. The number of allylic oxidation sites excluding steroid dienone is 2. The normalized spacial score (nSPS) is 25.3. The van der Waals surface area contributed by atoms with Crippen molar-refractivity contribution in [1.29, 1.82) is 15.8 Å². The third-order valence-corrected chi connectivity index (χ3v) is 5.95. The summed E-state index contributed by atoms with van der Waals surface area (Å²) in [6.07, 6.45) is 3.08. The van der Waals surface area contributed by atoms with E-state index in [1.54, 1.807) is 0 Å².